The molecular weight excluding hydrogens is 410 g/mol. The molecule has 1 unspecified atom stereocenters. The molecule has 0 bridgehead atoms. The van der Waals surface area contributed by atoms with Gasteiger partial charge in [0.05, 0.1) is 6.61 Å². The van der Waals surface area contributed by atoms with Crippen molar-refractivity contribution < 1.29 is 14.1 Å². The fourth-order valence-corrected chi connectivity index (χ4v) is 4.25. The number of hydrogen-bond acceptors (Lipinski definition) is 4. The molecule has 1 aliphatic heterocycles. The number of carbonyl (C=O) groups excluding carboxylic acids is 1. The molecule has 1 N–H and O–H groups in total. The summed E-state index contributed by atoms with van der Waals surface area (Å²) in [5, 5.41) is 3.46. The lowest BCUT2D eigenvalue weighted by atomic mass is 10.1. The maximum absolute atomic E-state index is 13.4. The predicted octanol–water partition coefficient (Wildman–Crippen LogP) is 4.45. The van der Waals surface area contributed by atoms with Crippen molar-refractivity contribution in [3.8, 4) is 11.3 Å². The first-order chi connectivity index (χ1) is 16.2. The normalized spacial score (nSPS) is 14.7. The molecule has 0 saturated carbocycles. The van der Waals surface area contributed by atoms with E-state index < -0.39 is 0 Å². The number of methoxy groups -OCH3 is 1. The summed E-state index contributed by atoms with van der Waals surface area (Å²) in [6, 6.07) is 28.2. The zero-order chi connectivity index (χ0) is 22.6. The molecule has 1 atom stereocenters. The van der Waals surface area contributed by atoms with Crippen LogP contribution in [-0.2, 0) is 24.2 Å². The van der Waals surface area contributed by atoms with Crippen molar-refractivity contribution in [3.05, 3.63) is 114 Å². The van der Waals surface area contributed by atoms with Crippen molar-refractivity contribution in [3.63, 3.8) is 0 Å². The van der Waals surface area contributed by atoms with Gasteiger partial charge in [0.1, 0.15) is 17.6 Å². The van der Waals surface area contributed by atoms with Crippen molar-refractivity contribution in [2.75, 3.05) is 12.4 Å². The smallest absolute Gasteiger partial charge is 0.359 e. The van der Waals surface area contributed by atoms with Crippen molar-refractivity contribution in [2.24, 2.45) is 0 Å². The van der Waals surface area contributed by atoms with Crippen LogP contribution in [0.2, 0.25) is 0 Å². The maximum Gasteiger partial charge on any atom is 0.359 e. The molecule has 1 aromatic heterocycles. The number of ether oxygens (including phenoxy) is 1. The zero-order valence-corrected chi connectivity index (χ0v) is 18.6. The van der Waals surface area contributed by atoms with Crippen LogP contribution in [0, 0.1) is 0 Å². The van der Waals surface area contributed by atoms with Gasteiger partial charge < -0.3 is 4.74 Å². The fourth-order valence-electron chi connectivity index (χ4n) is 4.25. The summed E-state index contributed by atoms with van der Waals surface area (Å²) in [6.07, 6.45) is 3.13. The Morgan fingerprint density at radius 3 is 2.21 bits per heavy atom. The van der Waals surface area contributed by atoms with E-state index in [1.807, 2.05) is 66.9 Å². The first-order valence-electron chi connectivity index (χ1n) is 11.1. The average molecular weight is 437 g/mol. The van der Waals surface area contributed by atoms with Crippen molar-refractivity contribution in [2.45, 2.75) is 25.5 Å². The number of carbonyl (C=O) groups is 1. The Morgan fingerprint density at radius 1 is 0.879 bits per heavy atom. The highest BCUT2D eigenvalue weighted by molar-refractivity contribution is 5.82. The van der Waals surface area contributed by atoms with Crippen molar-refractivity contribution >= 4 is 11.7 Å². The van der Waals surface area contributed by atoms with Gasteiger partial charge in [0, 0.05) is 25.5 Å². The third-order valence-corrected chi connectivity index (χ3v) is 5.93. The number of nitrogens with zero attached hydrogens (tertiary/aromatic N) is 2. The van der Waals surface area contributed by atoms with Crippen LogP contribution in [0.15, 0.2) is 91.1 Å². The van der Waals surface area contributed by atoms with Crippen LogP contribution in [0.3, 0.4) is 0 Å². The minimum absolute atomic E-state index is 0.0443. The van der Waals surface area contributed by atoms with Crippen LogP contribution < -0.4 is 9.88 Å². The first-order valence-corrected chi connectivity index (χ1v) is 11.1. The summed E-state index contributed by atoms with van der Waals surface area (Å²) in [5.41, 5.74) is 6.00. The Morgan fingerprint density at radius 2 is 1.55 bits per heavy atom. The van der Waals surface area contributed by atoms with E-state index in [1.54, 1.807) is 11.7 Å². The minimum Gasteiger partial charge on any atom is -0.380 e. The van der Waals surface area contributed by atoms with Gasteiger partial charge in [-0.3, -0.25) is 5.32 Å². The van der Waals surface area contributed by atoms with Crippen LogP contribution in [-0.4, -0.2) is 24.0 Å². The molecule has 5 nitrogen and oxygen atoms in total. The van der Waals surface area contributed by atoms with E-state index in [1.165, 1.54) is 0 Å². The molecular formula is C28H26N3O2+. The lowest BCUT2D eigenvalue weighted by Crippen LogP contribution is -2.44. The summed E-state index contributed by atoms with van der Waals surface area (Å²) in [4.78, 5) is 18.4. The van der Waals surface area contributed by atoms with Crippen LogP contribution in [0.1, 0.15) is 27.2 Å². The van der Waals surface area contributed by atoms with Crippen LogP contribution >= 0.6 is 0 Å². The average Bonchev–Trinajstić information content (AvgIpc) is 3.16. The summed E-state index contributed by atoms with van der Waals surface area (Å²) in [5.74, 6) is 0.826. The molecule has 4 aromatic rings. The van der Waals surface area contributed by atoms with E-state index in [4.69, 9.17) is 9.72 Å². The highest BCUT2D eigenvalue weighted by Crippen LogP contribution is 2.25. The van der Waals surface area contributed by atoms with Gasteiger partial charge >= 0.3 is 11.7 Å². The molecule has 0 fully saturated rings. The van der Waals surface area contributed by atoms with E-state index in [2.05, 4.69) is 29.6 Å². The van der Waals surface area contributed by atoms with Gasteiger partial charge in [-0.2, -0.15) is 4.57 Å². The molecule has 5 heteroatoms. The molecule has 0 saturated heterocycles. The third-order valence-electron chi connectivity index (χ3n) is 5.93. The number of benzene rings is 3. The highest BCUT2D eigenvalue weighted by Gasteiger charge is 2.41. The SMILES string of the molecule is COCc1ccc(-c2c[n+]3c(c(Cc4ccccc4)n2)NC(Cc2ccccc2)C3=O)cc1. The molecule has 1 aliphatic rings. The highest BCUT2D eigenvalue weighted by atomic mass is 16.5. The van der Waals surface area contributed by atoms with Gasteiger partial charge in [-0.05, 0) is 16.7 Å². The summed E-state index contributed by atoms with van der Waals surface area (Å²) in [7, 11) is 1.69. The fraction of sp³-hybridized carbons (Fsp3) is 0.179. The Labute approximate surface area is 193 Å². The molecule has 2 heterocycles. The number of nitrogens with one attached hydrogen (secondary N) is 1. The van der Waals surface area contributed by atoms with Gasteiger partial charge in [0.15, 0.2) is 6.04 Å². The number of hydrogen-bond donors (Lipinski definition) is 1. The molecule has 0 spiro atoms. The Kier molecular flexibility index (Phi) is 5.96. The van der Waals surface area contributed by atoms with Crippen molar-refractivity contribution in [1.29, 1.82) is 0 Å². The second kappa shape index (κ2) is 9.35. The number of rotatable bonds is 7. The summed E-state index contributed by atoms with van der Waals surface area (Å²) in [6.45, 7) is 0.565. The second-order valence-corrected chi connectivity index (χ2v) is 8.31. The lowest BCUT2D eigenvalue weighted by molar-refractivity contribution is -0.552. The summed E-state index contributed by atoms with van der Waals surface area (Å²) < 4.78 is 6.97. The van der Waals surface area contributed by atoms with Crippen LogP contribution in [0.5, 0.6) is 0 Å². The standard InChI is InChI=1S/C28H25N3O2/c1-33-19-22-12-14-23(15-13-22)26-18-31-27(24(29-26)16-20-8-4-2-5-9-20)30-25(28(31)32)17-21-10-6-3-7-11-21/h2-15,18,25H,16-17,19H2,1H3/p+1. The molecule has 0 radical (unpaired) electrons. The van der Waals surface area contributed by atoms with E-state index >= 15 is 0 Å². The number of anilines is 1. The van der Waals surface area contributed by atoms with Gasteiger partial charge in [0.25, 0.3) is 0 Å². The van der Waals surface area contributed by atoms with Gasteiger partial charge in [0.2, 0.25) is 0 Å². The van der Waals surface area contributed by atoms with Crippen LogP contribution in [0.4, 0.5) is 5.82 Å². The van der Waals surface area contributed by atoms with Crippen LogP contribution in [0.25, 0.3) is 11.3 Å². The quantitative estimate of drug-likeness (QED) is 0.435. The topological polar surface area (TPSA) is 55.1 Å². The Balaban J connectivity index is 1.52. The van der Waals surface area contributed by atoms with Crippen molar-refractivity contribution in [1.82, 2.24) is 4.98 Å². The lowest BCUT2D eigenvalue weighted by Gasteiger charge is -2.08. The number of fused-ring (bicyclic) bond motifs is 1. The Bertz CT molecular complexity index is 1260. The van der Waals surface area contributed by atoms with E-state index in [9.17, 15) is 4.79 Å². The van der Waals surface area contributed by atoms with Gasteiger partial charge in [-0.1, -0.05) is 84.9 Å². The predicted molar refractivity (Wildman–Crippen MR) is 128 cm³/mol. The molecule has 0 aliphatic carbocycles. The molecule has 33 heavy (non-hydrogen) atoms. The largest absolute Gasteiger partial charge is 0.380 e. The molecule has 0 amide bonds. The van der Waals surface area contributed by atoms with Gasteiger partial charge in [-0.15, -0.1) is 0 Å². The summed E-state index contributed by atoms with van der Waals surface area (Å²) >= 11 is 0. The van der Waals surface area contributed by atoms with E-state index in [0.29, 0.717) is 19.4 Å². The first kappa shape index (κ1) is 21.0. The second-order valence-electron chi connectivity index (χ2n) is 8.31. The monoisotopic (exact) mass is 436 g/mol. The molecule has 3 aromatic carbocycles. The zero-order valence-electron chi connectivity index (χ0n) is 18.6. The third kappa shape index (κ3) is 4.54. The minimum atomic E-state index is -0.317. The molecule has 164 valence electrons. The number of aromatic nitrogens is 2. The van der Waals surface area contributed by atoms with E-state index in [-0.39, 0.29) is 11.9 Å². The van der Waals surface area contributed by atoms with E-state index in [0.717, 1.165) is 39.5 Å². The molecule has 5 rings (SSSR count). The Hall–Kier alpha value is -3.83. The maximum atomic E-state index is 13.4. The van der Waals surface area contributed by atoms with Gasteiger partial charge in [-0.25, -0.2) is 9.78 Å².